The van der Waals surface area contributed by atoms with Gasteiger partial charge in [0.2, 0.25) is 0 Å². The Balaban J connectivity index is 1.25. The van der Waals surface area contributed by atoms with E-state index < -0.39 is 0 Å². The summed E-state index contributed by atoms with van der Waals surface area (Å²) in [6, 6.07) is 42.9. The summed E-state index contributed by atoms with van der Waals surface area (Å²) >= 11 is 0. The van der Waals surface area contributed by atoms with Gasteiger partial charge in [0.25, 0.3) is 0 Å². The van der Waals surface area contributed by atoms with E-state index in [0.717, 1.165) is 33.1 Å². The Labute approximate surface area is 219 Å². The molecular formula is C35H22N2O. The van der Waals surface area contributed by atoms with Crippen LogP contribution in [0.15, 0.2) is 138 Å². The van der Waals surface area contributed by atoms with Crippen molar-refractivity contribution in [1.29, 1.82) is 0 Å². The molecule has 0 fully saturated rings. The molecule has 0 atom stereocenters. The first-order valence-electron chi connectivity index (χ1n) is 12.8. The highest BCUT2D eigenvalue weighted by atomic mass is 16.3. The van der Waals surface area contributed by atoms with Gasteiger partial charge in [0.15, 0.2) is 0 Å². The quantitative estimate of drug-likeness (QED) is 0.249. The number of hydrogen-bond donors (Lipinski definition) is 0. The fourth-order valence-corrected chi connectivity index (χ4v) is 5.70. The standard InChI is InChI=1S/C35H22N2O/c1-3-13-32-28(11-1)29-17-18-36-22-33(29)37(32)27-10-6-9-25(20-27)23-7-5-8-24(19-23)26-15-16-35-31(21-26)30-12-2-4-14-34(30)38-35/h1-22H. The minimum atomic E-state index is 0.916. The van der Waals surface area contributed by atoms with Crippen molar-refractivity contribution in [2.24, 2.45) is 0 Å². The maximum atomic E-state index is 6.04. The van der Waals surface area contributed by atoms with E-state index in [0.29, 0.717) is 0 Å². The van der Waals surface area contributed by atoms with Crippen molar-refractivity contribution in [2.45, 2.75) is 0 Å². The van der Waals surface area contributed by atoms with E-state index in [1.165, 1.54) is 38.5 Å². The third-order valence-electron chi connectivity index (χ3n) is 7.49. The van der Waals surface area contributed by atoms with Crippen LogP contribution in [0.3, 0.4) is 0 Å². The Hall–Kier alpha value is -5.15. The first kappa shape index (κ1) is 21.0. The monoisotopic (exact) mass is 486 g/mol. The Kier molecular flexibility index (Phi) is 4.52. The minimum Gasteiger partial charge on any atom is -0.456 e. The molecule has 8 aromatic rings. The van der Waals surface area contributed by atoms with Gasteiger partial charge >= 0.3 is 0 Å². The van der Waals surface area contributed by atoms with E-state index in [-0.39, 0.29) is 0 Å². The number of hydrogen-bond acceptors (Lipinski definition) is 2. The molecule has 0 spiro atoms. The summed E-state index contributed by atoms with van der Waals surface area (Å²) in [6.45, 7) is 0. The topological polar surface area (TPSA) is 31.0 Å². The minimum absolute atomic E-state index is 0.916. The van der Waals surface area contributed by atoms with Gasteiger partial charge in [-0.2, -0.15) is 0 Å². The number of furan rings is 1. The molecule has 3 heteroatoms. The number of pyridine rings is 1. The van der Waals surface area contributed by atoms with Crippen LogP contribution in [0, 0.1) is 0 Å². The summed E-state index contributed by atoms with van der Waals surface area (Å²) in [5.74, 6) is 0. The molecule has 3 aromatic heterocycles. The van der Waals surface area contributed by atoms with Crippen molar-refractivity contribution >= 4 is 43.7 Å². The second kappa shape index (κ2) is 8.19. The molecule has 0 unspecified atom stereocenters. The largest absolute Gasteiger partial charge is 0.456 e. The van der Waals surface area contributed by atoms with Crippen LogP contribution < -0.4 is 0 Å². The molecule has 3 heterocycles. The lowest BCUT2D eigenvalue weighted by Gasteiger charge is -2.11. The average molecular weight is 487 g/mol. The molecular weight excluding hydrogens is 464 g/mol. The fraction of sp³-hybridized carbons (Fsp3) is 0. The molecule has 0 bridgehead atoms. The van der Waals surface area contributed by atoms with Crippen LogP contribution >= 0.6 is 0 Å². The highest BCUT2D eigenvalue weighted by Gasteiger charge is 2.13. The van der Waals surface area contributed by atoms with Crippen molar-refractivity contribution in [3.05, 3.63) is 134 Å². The number of aromatic nitrogens is 2. The number of benzene rings is 5. The third kappa shape index (κ3) is 3.19. The number of fused-ring (bicyclic) bond motifs is 6. The van der Waals surface area contributed by atoms with Gasteiger partial charge in [-0.15, -0.1) is 0 Å². The van der Waals surface area contributed by atoms with Crippen LogP contribution in [0.4, 0.5) is 0 Å². The Morgan fingerprint density at radius 1 is 0.474 bits per heavy atom. The van der Waals surface area contributed by atoms with Gasteiger partial charge in [0.1, 0.15) is 11.2 Å². The molecule has 0 aliphatic rings. The number of rotatable bonds is 3. The summed E-state index contributed by atoms with van der Waals surface area (Å²) in [5.41, 5.74) is 9.97. The zero-order chi connectivity index (χ0) is 25.1. The van der Waals surface area contributed by atoms with Gasteiger partial charge in [0.05, 0.1) is 17.2 Å². The van der Waals surface area contributed by atoms with Gasteiger partial charge < -0.3 is 8.98 Å². The van der Waals surface area contributed by atoms with Crippen LogP contribution in [0.2, 0.25) is 0 Å². The van der Waals surface area contributed by atoms with Crippen molar-refractivity contribution in [3.8, 4) is 27.9 Å². The van der Waals surface area contributed by atoms with Crippen LogP contribution in [-0.4, -0.2) is 9.55 Å². The summed E-state index contributed by atoms with van der Waals surface area (Å²) in [7, 11) is 0. The lowest BCUT2D eigenvalue weighted by molar-refractivity contribution is 0.669. The van der Waals surface area contributed by atoms with Gasteiger partial charge in [0, 0.05) is 33.4 Å². The van der Waals surface area contributed by atoms with E-state index in [4.69, 9.17) is 4.42 Å². The van der Waals surface area contributed by atoms with E-state index in [1.807, 2.05) is 24.5 Å². The molecule has 0 saturated carbocycles. The molecule has 0 aliphatic carbocycles. The van der Waals surface area contributed by atoms with E-state index >= 15 is 0 Å². The van der Waals surface area contributed by atoms with Crippen LogP contribution in [0.1, 0.15) is 0 Å². The predicted molar refractivity (Wildman–Crippen MR) is 157 cm³/mol. The molecule has 3 nitrogen and oxygen atoms in total. The normalized spacial score (nSPS) is 11.7. The molecule has 0 aliphatic heterocycles. The van der Waals surface area contributed by atoms with E-state index in [9.17, 15) is 0 Å². The molecule has 8 rings (SSSR count). The fourth-order valence-electron chi connectivity index (χ4n) is 5.70. The molecule has 5 aromatic carbocycles. The maximum Gasteiger partial charge on any atom is 0.135 e. The molecule has 0 N–H and O–H groups in total. The lowest BCUT2D eigenvalue weighted by Crippen LogP contribution is -1.94. The first-order valence-corrected chi connectivity index (χ1v) is 12.8. The summed E-state index contributed by atoms with van der Waals surface area (Å²) in [5, 5.41) is 4.74. The van der Waals surface area contributed by atoms with Crippen molar-refractivity contribution in [1.82, 2.24) is 9.55 Å². The second-order valence-electron chi connectivity index (χ2n) is 9.69. The highest BCUT2D eigenvalue weighted by Crippen LogP contribution is 2.35. The lowest BCUT2D eigenvalue weighted by atomic mass is 9.97. The average Bonchev–Trinajstić information content (AvgIpc) is 3.53. The SMILES string of the molecule is c1cc(-c2cccc(-n3c4ccccc4c4ccncc43)c2)cc(-c2ccc3oc4ccccc4c3c2)c1. The predicted octanol–water partition coefficient (Wildman–Crippen LogP) is 9.41. The van der Waals surface area contributed by atoms with Gasteiger partial charge in [-0.3, -0.25) is 4.98 Å². The number of para-hydroxylation sites is 2. The second-order valence-corrected chi connectivity index (χ2v) is 9.69. The highest BCUT2D eigenvalue weighted by molar-refractivity contribution is 6.09. The molecule has 0 amide bonds. The van der Waals surface area contributed by atoms with Gasteiger partial charge in [-0.05, 0) is 70.8 Å². The van der Waals surface area contributed by atoms with Crippen molar-refractivity contribution in [3.63, 3.8) is 0 Å². The third-order valence-corrected chi connectivity index (χ3v) is 7.49. The van der Waals surface area contributed by atoms with Crippen LogP contribution in [0.5, 0.6) is 0 Å². The zero-order valence-electron chi connectivity index (χ0n) is 20.5. The van der Waals surface area contributed by atoms with E-state index in [2.05, 4.69) is 119 Å². The Morgan fingerprint density at radius 2 is 1.16 bits per heavy atom. The Bertz CT molecular complexity index is 2090. The summed E-state index contributed by atoms with van der Waals surface area (Å²) < 4.78 is 8.35. The molecule has 38 heavy (non-hydrogen) atoms. The summed E-state index contributed by atoms with van der Waals surface area (Å²) in [6.07, 6.45) is 3.82. The first-order chi connectivity index (χ1) is 18.8. The summed E-state index contributed by atoms with van der Waals surface area (Å²) in [4.78, 5) is 4.43. The van der Waals surface area contributed by atoms with Gasteiger partial charge in [-0.1, -0.05) is 72.8 Å². The van der Waals surface area contributed by atoms with Crippen molar-refractivity contribution < 1.29 is 4.42 Å². The molecule has 178 valence electrons. The van der Waals surface area contributed by atoms with Gasteiger partial charge in [-0.25, -0.2) is 0 Å². The van der Waals surface area contributed by atoms with E-state index in [1.54, 1.807) is 0 Å². The smallest absolute Gasteiger partial charge is 0.135 e. The zero-order valence-corrected chi connectivity index (χ0v) is 20.5. The maximum absolute atomic E-state index is 6.04. The van der Waals surface area contributed by atoms with Crippen LogP contribution in [-0.2, 0) is 0 Å². The van der Waals surface area contributed by atoms with Crippen LogP contribution in [0.25, 0.3) is 71.7 Å². The molecule has 0 radical (unpaired) electrons. The van der Waals surface area contributed by atoms with Crippen molar-refractivity contribution in [2.75, 3.05) is 0 Å². The molecule has 0 saturated heterocycles. The Morgan fingerprint density at radius 3 is 2.05 bits per heavy atom. The number of nitrogens with zero attached hydrogens (tertiary/aromatic N) is 2.